The third-order valence-corrected chi connectivity index (χ3v) is 5.38. The van der Waals surface area contributed by atoms with Crippen molar-refractivity contribution in [3.63, 3.8) is 0 Å². The molecule has 2 rings (SSSR count). The molecule has 0 bridgehead atoms. The number of esters is 1. The second-order valence-electron chi connectivity index (χ2n) is 5.89. The number of carbonyl (C=O) groups excluding carboxylic acids is 2. The van der Waals surface area contributed by atoms with E-state index in [1.54, 1.807) is 29.2 Å². The molecule has 1 atom stereocenters. The van der Waals surface area contributed by atoms with Crippen LogP contribution in [0, 0.1) is 0 Å². The summed E-state index contributed by atoms with van der Waals surface area (Å²) in [5.74, 6) is -0.673. The lowest BCUT2D eigenvalue weighted by Gasteiger charge is -2.26. The summed E-state index contributed by atoms with van der Waals surface area (Å²) < 4.78 is 17.0. The van der Waals surface area contributed by atoms with Crippen molar-refractivity contribution in [2.75, 3.05) is 19.7 Å². The van der Waals surface area contributed by atoms with E-state index < -0.39 is 16.8 Å². The summed E-state index contributed by atoms with van der Waals surface area (Å²) in [6.07, 6.45) is 3.16. The summed E-state index contributed by atoms with van der Waals surface area (Å²) in [6, 6.07) is 6.50. The van der Waals surface area contributed by atoms with Crippen LogP contribution in [0.1, 0.15) is 43.5 Å². The van der Waals surface area contributed by atoms with Crippen LogP contribution in [0.3, 0.4) is 0 Å². The molecule has 23 heavy (non-hydrogen) atoms. The highest BCUT2D eigenvalue weighted by Crippen LogP contribution is 2.13. The van der Waals surface area contributed by atoms with Gasteiger partial charge < -0.3 is 9.64 Å². The number of amides is 1. The molecule has 5 nitrogen and oxygen atoms in total. The van der Waals surface area contributed by atoms with Gasteiger partial charge in [0.2, 0.25) is 0 Å². The average molecular weight is 337 g/mol. The summed E-state index contributed by atoms with van der Waals surface area (Å²) >= 11 is 0. The molecule has 0 radical (unpaired) electrons. The lowest BCUT2D eigenvalue weighted by Crippen LogP contribution is -2.38. The van der Waals surface area contributed by atoms with E-state index in [-0.39, 0.29) is 17.8 Å². The van der Waals surface area contributed by atoms with Gasteiger partial charge in [0.05, 0.1) is 16.4 Å². The number of ether oxygens (including phenoxy) is 1. The van der Waals surface area contributed by atoms with Crippen LogP contribution < -0.4 is 0 Å². The number of hydrogen-bond acceptors (Lipinski definition) is 4. The van der Waals surface area contributed by atoms with E-state index in [9.17, 15) is 13.8 Å². The first-order valence-corrected chi connectivity index (χ1v) is 9.16. The highest BCUT2D eigenvalue weighted by atomic mass is 32.2. The highest BCUT2D eigenvalue weighted by Gasteiger charge is 2.18. The van der Waals surface area contributed by atoms with E-state index in [1.807, 2.05) is 13.8 Å². The van der Waals surface area contributed by atoms with Gasteiger partial charge >= 0.3 is 5.97 Å². The Hall–Kier alpha value is -1.69. The minimum Gasteiger partial charge on any atom is -0.452 e. The van der Waals surface area contributed by atoms with E-state index in [0.29, 0.717) is 10.5 Å². The Morgan fingerprint density at radius 1 is 1.13 bits per heavy atom. The van der Waals surface area contributed by atoms with Gasteiger partial charge in [-0.2, -0.15) is 0 Å². The van der Waals surface area contributed by atoms with Crippen molar-refractivity contribution < 1.29 is 18.5 Å². The minimum absolute atomic E-state index is 0.0231. The van der Waals surface area contributed by atoms with Crippen LogP contribution in [0.4, 0.5) is 0 Å². The SMILES string of the molecule is CC(C)[S@@](=O)c1ccc(C(=O)OCC(=O)N2CCCCC2)cc1. The van der Waals surface area contributed by atoms with Crippen LogP contribution in [-0.4, -0.2) is 45.9 Å². The van der Waals surface area contributed by atoms with Crippen LogP contribution in [0.15, 0.2) is 29.2 Å². The van der Waals surface area contributed by atoms with Crippen molar-refractivity contribution in [2.24, 2.45) is 0 Å². The average Bonchev–Trinajstić information content (AvgIpc) is 2.59. The Bertz CT molecular complexity index is 577. The van der Waals surface area contributed by atoms with Crippen LogP contribution in [0.2, 0.25) is 0 Å². The van der Waals surface area contributed by atoms with Crippen LogP contribution in [0.25, 0.3) is 0 Å². The molecule has 1 aliphatic heterocycles. The quantitative estimate of drug-likeness (QED) is 0.774. The number of benzene rings is 1. The Labute approximate surface area is 139 Å². The largest absolute Gasteiger partial charge is 0.452 e. The van der Waals surface area contributed by atoms with E-state index >= 15 is 0 Å². The van der Waals surface area contributed by atoms with Crippen molar-refractivity contribution in [3.8, 4) is 0 Å². The minimum atomic E-state index is -1.08. The molecule has 1 aliphatic rings. The molecule has 0 N–H and O–H groups in total. The van der Waals surface area contributed by atoms with E-state index in [0.717, 1.165) is 32.4 Å². The summed E-state index contributed by atoms with van der Waals surface area (Å²) in [6.45, 7) is 5.02. The fraction of sp³-hybridized carbons (Fsp3) is 0.529. The van der Waals surface area contributed by atoms with Crippen LogP contribution in [0.5, 0.6) is 0 Å². The molecular weight excluding hydrogens is 314 g/mol. The lowest BCUT2D eigenvalue weighted by molar-refractivity contribution is -0.135. The molecule has 1 heterocycles. The van der Waals surface area contributed by atoms with Gasteiger partial charge in [-0.25, -0.2) is 4.79 Å². The van der Waals surface area contributed by atoms with Crippen molar-refractivity contribution in [2.45, 2.75) is 43.3 Å². The molecule has 1 amide bonds. The molecule has 0 aromatic heterocycles. The van der Waals surface area contributed by atoms with E-state index in [4.69, 9.17) is 4.74 Å². The molecule has 1 aromatic rings. The monoisotopic (exact) mass is 337 g/mol. The maximum atomic E-state index is 12.0. The summed E-state index contributed by atoms with van der Waals surface area (Å²) in [4.78, 5) is 26.4. The molecule has 0 saturated carbocycles. The third-order valence-electron chi connectivity index (χ3n) is 3.79. The molecule has 0 aliphatic carbocycles. The Morgan fingerprint density at radius 2 is 1.74 bits per heavy atom. The molecule has 1 saturated heterocycles. The summed E-state index contributed by atoms with van der Waals surface area (Å²) in [5.41, 5.74) is 0.362. The molecule has 0 spiro atoms. The Morgan fingerprint density at radius 3 is 2.30 bits per heavy atom. The number of nitrogens with zero attached hydrogens (tertiary/aromatic N) is 1. The number of carbonyl (C=O) groups is 2. The number of hydrogen-bond donors (Lipinski definition) is 0. The van der Waals surface area contributed by atoms with Crippen LogP contribution in [-0.2, 0) is 20.3 Å². The lowest BCUT2D eigenvalue weighted by atomic mass is 10.1. The smallest absolute Gasteiger partial charge is 0.338 e. The molecule has 6 heteroatoms. The zero-order chi connectivity index (χ0) is 16.8. The van der Waals surface area contributed by atoms with E-state index in [1.165, 1.54) is 0 Å². The van der Waals surface area contributed by atoms with Gasteiger partial charge in [0, 0.05) is 23.2 Å². The van der Waals surface area contributed by atoms with Gasteiger partial charge in [-0.05, 0) is 43.5 Å². The molecule has 1 aromatic carbocycles. The molecule has 0 unspecified atom stereocenters. The van der Waals surface area contributed by atoms with Gasteiger partial charge in [0.25, 0.3) is 5.91 Å². The van der Waals surface area contributed by atoms with E-state index in [2.05, 4.69) is 0 Å². The number of likely N-dealkylation sites (tertiary alicyclic amines) is 1. The van der Waals surface area contributed by atoms with Gasteiger partial charge in [0.1, 0.15) is 0 Å². The topological polar surface area (TPSA) is 63.7 Å². The fourth-order valence-corrected chi connectivity index (χ4v) is 3.39. The summed E-state index contributed by atoms with van der Waals surface area (Å²) in [7, 11) is -1.08. The number of rotatable bonds is 5. The maximum Gasteiger partial charge on any atom is 0.338 e. The molecular formula is C17H23NO4S. The first kappa shape index (κ1) is 17.7. The van der Waals surface area contributed by atoms with Gasteiger partial charge in [0.15, 0.2) is 6.61 Å². The highest BCUT2D eigenvalue weighted by molar-refractivity contribution is 7.85. The number of piperidine rings is 1. The zero-order valence-electron chi connectivity index (χ0n) is 13.6. The zero-order valence-corrected chi connectivity index (χ0v) is 14.4. The van der Waals surface area contributed by atoms with Gasteiger partial charge in [-0.1, -0.05) is 13.8 Å². The first-order chi connectivity index (χ1) is 11.0. The second kappa shape index (κ2) is 8.24. The van der Waals surface area contributed by atoms with Gasteiger partial charge in [-0.15, -0.1) is 0 Å². The van der Waals surface area contributed by atoms with Crippen LogP contribution >= 0.6 is 0 Å². The van der Waals surface area contributed by atoms with Gasteiger partial charge in [-0.3, -0.25) is 9.00 Å². The first-order valence-electron chi connectivity index (χ1n) is 7.94. The van der Waals surface area contributed by atoms with Crippen molar-refractivity contribution in [1.29, 1.82) is 0 Å². The maximum absolute atomic E-state index is 12.0. The molecule has 1 fully saturated rings. The predicted molar refractivity (Wildman–Crippen MR) is 88.7 cm³/mol. The summed E-state index contributed by atoms with van der Waals surface area (Å²) in [5, 5.41) is 0.0231. The fourth-order valence-electron chi connectivity index (χ4n) is 2.44. The standard InChI is InChI=1S/C17H23NO4S/c1-13(2)23(21)15-8-6-14(7-9-15)17(20)22-12-16(19)18-10-4-3-5-11-18/h6-9,13H,3-5,10-12H2,1-2H3/t23-/m1/s1. The Balaban J connectivity index is 1.88. The van der Waals surface area contributed by atoms with Crippen molar-refractivity contribution in [3.05, 3.63) is 29.8 Å². The van der Waals surface area contributed by atoms with Crippen molar-refractivity contribution in [1.82, 2.24) is 4.90 Å². The van der Waals surface area contributed by atoms with Crippen molar-refractivity contribution >= 4 is 22.7 Å². The normalized spacial score (nSPS) is 16.2. The second-order valence-corrected chi connectivity index (χ2v) is 7.90. The predicted octanol–water partition coefficient (Wildman–Crippen LogP) is 2.37. The third kappa shape index (κ3) is 4.89. The molecule has 126 valence electrons. The Kier molecular flexibility index (Phi) is 6.33.